The first-order valence-corrected chi connectivity index (χ1v) is 8.81. The van der Waals surface area contributed by atoms with E-state index in [-0.39, 0.29) is 11.9 Å². The second kappa shape index (κ2) is 8.74. The van der Waals surface area contributed by atoms with E-state index in [1.807, 2.05) is 25.1 Å². The number of carbonyl (C=O) groups excluding carboxylic acids is 1. The summed E-state index contributed by atoms with van der Waals surface area (Å²) >= 11 is 0. The maximum atomic E-state index is 12.1. The lowest BCUT2D eigenvalue weighted by molar-refractivity contribution is -0.140. The van der Waals surface area contributed by atoms with Crippen LogP contribution in [0.4, 0.5) is 0 Å². The molecule has 0 radical (unpaired) electrons. The van der Waals surface area contributed by atoms with Gasteiger partial charge < -0.3 is 19.9 Å². The normalized spacial score (nSPS) is 19.8. The molecule has 2 N–H and O–H groups in total. The first-order valence-electron chi connectivity index (χ1n) is 8.81. The summed E-state index contributed by atoms with van der Waals surface area (Å²) in [5.74, 6) is -0.750. The van der Waals surface area contributed by atoms with Gasteiger partial charge in [0.05, 0.1) is 31.6 Å². The van der Waals surface area contributed by atoms with E-state index < -0.39 is 17.8 Å². The summed E-state index contributed by atoms with van der Waals surface area (Å²) in [7, 11) is 1.59. The largest absolute Gasteiger partial charge is 0.493 e. The van der Waals surface area contributed by atoms with Crippen LogP contribution in [0, 0.1) is 11.8 Å². The Morgan fingerprint density at radius 3 is 2.64 bits per heavy atom. The quantitative estimate of drug-likeness (QED) is 0.634. The van der Waals surface area contributed by atoms with E-state index in [4.69, 9.17) is 14.6 Å². The predicted octanol–water partition coefficient (Wildman–Crippen LogP) is 3.16. The zero-order chi connectivity index (χ0) is 18.4. The Morgan fingerprint density at radius 1 is 1.28 bits per heavy atom. The number of unbranched alkanes of at least 4 members (excludes halogenated alkanes) is 2. The molecule has 0 aromatic heterocycles. The average molecular weight is 349 g/mol. The number of amides is 1. The topological polar surface area (TPSA) is 84.9 Å². The number of rotatable bonds is 10. The first-order chi connectivity index (χ1) is 12.0. The van der Waals surface area contributed by atoms with Crippen LogP contribution in [0.1, 0.15) is 51.1 Å². The third-order valence-electron chi connectivity index (χ3n) is 4.50. The minimum Gasteiger partial charge on any atom is -0.493 e. The third kappa shape index (κ3) is 5.11. The number of nitrogens with one attached hydrogen (secondary N) is 1. The van der Waals surface area contributed by atoms with Gasteiger partial charge in [-0.15, -0.1) is 0 Å². The summed E-state index contributed by atoms with van der Waals surface area (Å²) in [6, 6.07) is 5.36. The summed E-state index contributed by atoms with van der Waals surface area (Å²) in [5.41, 5.74) is 0.888. The van der Waals surface area contributed by atoms with E-state index >= 15 is 0 Å². The van der Waals surface area contributed by atoms with Gasteiger partial charge in [-0.25, -0.2) is 0 Å². The molecule has 0 spiro atoms. The van der Waals surface area contributed by atoms with Crippen LogP contribution in [0.25, 0.3) is 0 Å². The minimum absolute atomic E-state index is 0.209. The molecular formula is C19H27NO5. The van der Waals surface area contributed by atoms with Gasteiger partial charge in [-0.2, -0.15) is 0 Å². The fourth-order valence-corrected chi connectivity index (χ4v) is 2.77. The zero-order valence-corrected chi connectivity index (χ0v) is 15.1. The lowest BCUT2D eigenvalue weighted by Crippen LogP contribution is -2.29. The summed E-state index contributed by atoms with van der Waals surface area (Å²) in [4.78, 5) is 23.0. The highest BCUT2D eigenvalue weighted by atomic mass is 16.5. The fourth-order valence-electron chi connectivity index (χ4n) is 2.77. The monoisotopic (exact) mass is 349 g/mol. The van der Waals surface area contributed by atoms with Crippen molar-refractivity contribution in [3.63, 3.8) is 0 Å². The van der Waals surface area contributed by atoms with Crippen molar-refractivity contribution in [1.29, 1.82) is 0 Å². The summed E-state index contributed by atoms with van der Waals surface area (Å²) in [6.07, 6.45) is 3.68. The average Bonchev–Trinajstić information content (AvgIpc) is 3.39. The number of aliphatic carboxylic acids is 1. The van der Waals surface area contributed by atoms with Gasteiger partial charge in [-0.05, 0) is 37.5 Å². The van der Waals surface area contributed by atoms with E-state index in [0.29, 0.717) is 24.5 Å². The van der Waals surface area contributed by atoms with Crippen molar-refractivity contribution >= 4 is 11.9 Å². The zero-order valence-electron chi connectivity index (χ0n) is 15.1. The maximum absolute atomic E-state index is 12.1. The van der Waals surface area contributed by atoms with Crippen molar-refractivity contribution in [2.75, 3.05) is 13.7 Å². The molecule has 6 heteroatoms. The number of benzene rings is 1. The number of carboxylic acids is 1. The number of methoxy groups -OCH3 is 1. The molecule has 25 heavy (non-hydrogen) atoms. The molecule has 0 bridgehead atoms. The second-order valence-corrected chi connectivity index (χ2v) is 6.48. The van der Waals surface area contributed by atoms with Gasteiger partial charge in [0.2, 0.25) is 5.91 Å². The Hall–Kier alpha value is -2.24. The Morgan fingerprint density at radius 2 is 2.04 bits per heavy atom. The molecule has 1 aliphatic rings. The van der Waals surface area contributed by atoms with Crippen LogP contribution in [0.5, 0.6) is 11.5 Å². The Bertz CT molecular complexity index is 616. The molecule has 138 valence electrons. The summed E-state index contributed by atoms with van der Waals surface area (Å²) < 4.78 is 11.1. The molecule has 1 amide bonds. The number of hydrogen-bond donors (Lipinski definition) is 2. The summed E-state index contributed by atoms with van der Waals surface area (Å²) in [5, 5.41) is 11.8. The molecule has 3 atom stereocenters. The van der Waals surface area contributed by atoms with Crippen LogP contribution < -0.4 is 14.8 Å². The smallest absolute Gasteiger partial charge is 0.307 e. The van der Waals surface area contributed by atoms with Gasteiger partial charge >= 0.3 is 5.97 Å². The Labute approximate surface area is 148 Å². The number of hydrogen-bond acceptors (Lipinski definition) is 4. The lowest BCUT2D eigenvalue weighted by atomic mass is 10.1. The molecule has 1 fully saturated rings. The van der Waals surface area contributed by atoms with Gasteiger partial charge in [0.1, 0.15) is 0 Å². The van der Waals surface area contributed by atoms with E-state index in [0.717, 1.165) is 24.8 Å². The molecule has 2 rings (SSSR count). The van der Waals surface area contributed by atoms with Gasteiger partial charge in [-0.1, -0.05) is 25.8 Å². The standard InChI is InChI=1S/C19H27NO5/c1-4-5-6-9-25-16-8-7-13(10-17(16)24-3)12(2)20-18(21)14-11-15(14)19(22)23/h7-8,10,12,14-15H,4-6,9,11H2,1-3H3,(H,20,21)(H,22,23). The number of carbonyl (C=O) groups is 2. The van der Waals surface area contributed by atoms with Crippen LogP contribution in [-0.4, -0.2) is 30.7 Å². The molecular weight excluding hydrogens is 322 g/mol. The highest BCUT2D eigenvalue weighted by Crippen LogP contribution is 2.39. The van der Waals surface area contributed by atoms with Crippen LogP contribution in [0.3, 0.4) is 0 Å². The molecule has 3 unspecified atom stereocenters. The van der Waals surface area contributed by atoms with Crippen molar-refractivity contribution < 1.29 is 24.2 Å². The summed E-state index contributed by atoms with van der Waals surface area (Å²) in [6.45, 7) is 4.66. The van der Waals surface area contributed by atoms with Crippen LogP contribution in [0.2, 0.25) is 0 Å². The maximum Gasteiger partial charge on any atom is 0.307 e. The van der Waals surface area contributed by atoms with Crippen molar-refractivity contribution in [2.24, 2.45) is 11.8 Å². The molecule has 1 aromatic carbocycles. The number of ether oxygens (including phenoxy) is 2. The van der Waals surface area contributed by atoms with Crippen molar-refractivity contribution in [2.45, 2.75) is 45.6 Å². The van der Waals surface area contributed by atoms with Gasteiger partial charge in [-0.3, -0.25) is 9.59 Å². The second-order valence-electron chi connectivity index (χ2n) is 6.48. The van der Waals surface area contributed by atoms with Crippen LogP contribution >= 0.6 is 0 Å². The van der Waals surface area contributed by atoms with Crippen LogP contribution in [0.15, 0.2) is 18.2 Å². The van der Waals surface area contributed by atoms with E-state index in [1.54, 1.807) is 7.11 Å². The molecule has 1 aliphatic carbocycles. The lowest BCUT2D eigenvalue weighted by Gasteiger charge is -2.17. The van der Waals surface area contributed by atoms with Gasteiger partial charge in [0, 0.05) is 0 Å². The predicted molar refractivity (Wildman–Crippen MR) is 93.8 cm³/mol. The SMILES string of the molecule is CCCCCOc1ccc(C(C)NC(=O)C2CC2C(=O)O)cc1OC. The van der Waals surface area contributed by atoms with Crippen molar-refractivity contribution in [1.82, 2.24) is 5.32 Å². The molecule has 1 saturated carbocycles. The Kier molecular flexibility index (Phi) is 6.67. The highest BCUT2D eigenvalue weighted by molar-refractivity contribution is 5.89. The molecule has 0 heterocycles. The van der Waals surface area contributed by atoms with Crippen LogP contribution in [-0.2, 0) is 9.59 Å². The van der Waals surface area contributed by atoms with E-state index in [9.17, 15) is 9.59 Å². The van der Waals surface area contributed by atoms with Gasteiger partial charge in [0.15, 0.2) is 11.5 Å². The first kappa shape index (κ1) is 19.1. The third-order valence-corrected chi connectivity index (χ3v) is 4.50. The van der Waals surface area contributed by atoms with Gasteiger partial charge in [0.25, 0.3) is 0 Å². The minimum atomic E-state index is -0.904. The molecule has 6 nitrogen and oxygen atoms in total. The molecule has 0 aliphatic heterocycles. The fraction of sp³-hybridized carbons (Fsp3) is 0.579. The van der Waals surface area contributed by atoms with E-state index in [2.05, 4.69) is 12.2 Å². The Balaban J connectivity index is 1.94. The highest BCUT2D eigenvalue weighted by Gasteiger charge is 2.48. The van der Waals surface area contributed by atoms with Crippen molar-refractivity contribution in [3.8, 4) is 11.5 Å². The van der Waals surface area contributed by atoms with Crippen molar-refractivity contribution in [3.05, 3.63) is 23.8 Å². The van der Waals surface area contributed by atoms with E-state index in [1.165, 1.54) is 0 Å². The number of carboxylic acid groups (broad SMARTS) is 1. The molecule has 0 saturated heterocycles. The molecule has 1 aromatic rings.